The number of nitro groups is 1. The third kappa shape index (κ3) is 2.86. The molecule has 0 spiro atoms. The molecule has 1 aliphatic heterocycles. The van der Waals surface area contributed by atoms with Gasteiger partial charge in [-0.2, -0.15) is 13.5 Å². The standard InChI is InChI=1S/C10H13N3O2.H2S/c14-13(15)10-3-1-9(2-4-10)12-7-5-11-6-8-12;/h1-4,11H,5-8H2;1H2. The number of anilines is 1. The Hall–Kier alpha value is -1.27. The maximum absolute atomic E-state index is 10.5. The van der Waals surface area contributed by atoms with E-state index in [0.29, 0.717) is 0 Å². The lowest BCUT2D eigenvalue weighted by Crippen LogP contribution is -2.43. The first-order valence-corrected chi connectivity index (χ1v) is 4.97. The molecule has 0 bridgehead atoms. The van der Waals surface area contributed by atoms with Crippen LogP contribution in [0, 0.1) is 10.1 Å². The molecule has 1 aliphatic rings. The Balaban J connectivity index is 0.00000128. The normalized spacial score (nSPS) is 15.4. The van der Waals surface area contributed by atoms with Crippen molar-refractivity contribution < 1.29 is 4.92 Å². The molecule has 0 aromatic heterocycles. The minimum Gasteiger partial charge on any atom is -0.369 e. The first-order valence-electron chi connectivity index (χ1n) is 4.97. The maximum atomic E-state index is 10.5. The Kier molecular flexibility index (Phi) is 4.57. The summed E-state index contributed by atoms with van der Waals surface area (Å²) in [6.07, 6.45) is 0. The molecular formula is C10H15N3O2S. The van der Waals surface area contributed by atoms with Gasteiger partial charge in [0, 0.05) is 44.0 Å². The van der Waals surface area contributed by atoms with Crippen LogP contribution in [0.25, 0.3) is 0 Å². The Labute approximate surface area is 101 Å². The van der Waals surface area contributed by atoms with Gasteiger partial charge in [0.05, 0.1) is 4.92 Å². The smallest absolute Gasteiger partial charge is 0.269 e. The Morgan fingerprint density at radius 3 is 2.25 bits per heavy atom. The molecule has 0 aliphatic carbocycles. The highest BCUT2D eigenvalue weighted by Gasteiger charge is 2.11. The molecule has 1 aromatic rings. The molecule has 6 heteroatoms. The van der Waals surface area contributed by atoms with Crippen molar-refractivity contribution >= 4 is 24.9 Å². The van der Waals surface area contributed by atoms with Crippen LogP contribution in [0.4, 0.5) is 11.4 Å². The molecule has 1 aromatic carbocycles. The van der Waals surface area contributed by atoms with E-state index in [1.165, 1.54) is 0 Å². The van der Waals surface area contributed by atoms with Gasteiger partial charge in [-0.3, -0.25) is 10.1 Å². The van der Waals surface area contributed by atoms with Crippen LogP contribution in [0.3, 0.4) is 0 Å². The molecule has 0 saturated carbocycles. The van der Waals surface area contributed by atoms with Crippen molar-refractivity contribution in [2.75, 3.05) is 31.1 Å². The molecule has 5 nitrogen and oxygen atoms in total. The van der Waals surface area contributed by atoms with Crippen molar-refractivity contribution in [3.05, 3.63) is 34.4 Å². The predicted octanol–water partition coefficient (Wildman–Crippen LogP) is 1.12. The molecule has 1 saturated heterocycles. The van der Waals surface area contributed by atoms with E-state index in [9.17, 15) is 10.1 Å². The van der Waals surface area contributed by atoms with Crippen molar-refractivity contribution in [2.45, 2.75) is 0 Å². The number of nitro benzene ring substituents is 1. The van der Waals surface area contributed by atoms with Crippen LogP contribution in [0.1, 0.15) is 0 Å². The predicted molar refractivity (Wildman–Crippen MR) is 68.6 cm³/mol. The molecule has 0 radical (unpaired) electrons. The number of benzene rings is 1. The summed E-state index contributed by atoms with van der Waals surface area (Å²) in [7, 11) is 0. The van der Waals surface area contributed by atoms with Gasteiger partial charge in [-0.1, -0.05) is 0 Å². The molecule has 0 atom stereocenters. The van der Waals surface area contributed by atoms with Crippen molar-refractivity contribution in [3.63, 3.8) is 0 Å². The average molecular weight is 241 g/mol. The van der Waals surface area contributed by atoms with Gasteiger partial charge in [-0.25, -0.2) is 0 Å². The molecule has 2 rings (SSSR count). The molecule has 16 heavy (non-hydrogen) atoms. The number of hydrogen-bond donors (Lipinski definition) is 1. The highest BCUT2D eigenvalue weighted by atomic mass is 32.1. The van der Waals surface area contributed by atoms with Crippen LogP contribution in [-0.4, -0.2) is 31.1 Å². The zero-order valence-corrected chi connectivity index (χ0v) is 9.85. The lowest BCUT2D eigenvalue weighted by atomic mass is 10.2. The number of hydrogen-bond acceptors (Lipinski definition) is 4. The van der Waals surface area contributed by atoms with Crippen LogP contribution in [0.5, 0.6) is 0 Å². The van der Waals surface area contributed by atoms with Crippen molar-refractivity contribution in [3.8, 4) is 0 Å². The fourth-order valence-corrected chi connectivity index (χ4v) is 1.71. The summed E-state index contributed by atoms with van der Waals surface area (Å²) in [5.74, 6) is 0. The minimum absolute atomic E-state index is 0. The SMILES string of the molecule is O=[N+]([O-])c1ccc(N2CCNCC2)cc1.S. The van der Waals surface area contributed by atoms with Crippen LogP contribution in [-0.2, 0) is 0 Å². The number of non-ortho nitro benzene ring substituents is 1. The number of nitrogens with one attached hydrogen (secondary N) is 1. The molecule has 0 amide bonds. The van der Waals surface area contributed by atoms with E-state index in [1.807, 2.05) is 12.1 Å². The first-order chi connectivity index (χ1) is 7.27. The topological polar surface area (TPSA) is 58.4 Å². The summed E-state index contributed by atoms with van der Waals surface area (Å²) < 4.78 is 0. The van der Waals surface area contributed by atoms with Crippen LogP contribution in [0.2, 0.25) is 0 Å². The van der Waals surface area contributed by atoms with E-state index >= 15 is 0 Å². The molecule has 0 unspecified atom stereocenters. The monoisotopic (exact) mass is 241 g/mol. The van der Waals surface area contributed by atoms with E-state index in [1.54, 1.807) is 12.1 Å². The molecule has 88 valence electrons. The van der Waals surface area contributed by atoms with Gasteiger partial charge in [-0.15, -0.1) is 0 Å². The van der Waals surface area contributed by atoms with Gasteiger partial charge in [0.1, 0.15) is 0 Å². The highest BCUT2D eigenvalue weighted by Crippen LogP contribution is 2.19. The lowest BCUT2D eigenvalue weighted by molar-refractivity contribution is -0.384. The van der Waals surface area contributed by atoms with Gasteiger partial charge >= 0.3 is 0 Å². The van der Waals surface area contributed by atoms with E-state index < -0.39 is 0 Å². The molecule has 1 heterocycles. The van der Waals surface area contributed by atoms with Gasteiger partial charge in [0.2, 0.25) is 0 Å². The molecule has 1 N–H and O–H groups in total. The fourth-order valence-electron chi connectivity index (χ4n) is 1.71. The molecule has 1 fully saturated rings. The summed E-state index contributed by atoms with van der Waals surface area (Å²) >= 11 is 0. The van der Waals surface area contributed by atoms with Gasteiger partial charge in [0.15, 0.2) is 0 Å². The second-order valence-corrected chi connectivity index (χ2v) is 3.51. The van der Waals surface area contributed by atoms with Crippen LogP contribution < -0.4 is 10.2 Å². The van der Waals surface area contributed by atoms with Crippen molar-refractivity contribution in [1.82, 2.24) is 5.32 Å². The van der Waals surface area contributed by atoms with Crippen molar-refractivity contribution in [1.29, 1.82) is 0 Å². The Bertz CT molecular complexity index is 350. The van der Waals surface area contributed by atoms with Gasteiger partial charge in [-0.05, 0) is 12.1 Å². The Morgan fingerprint density at radius 1 is 1.19 bits per heavy atom. The third-order valence-electron chi connectivity index (χ3n) is 2.54. The summed E-state index contributed by atoms with van der Waals surface area (Å²) in [6.45, 7) is 3.85. The summed E-state index contributed by atoms with van der Waals surface area (Å²) in [6, 6.07) is 6.72. The number of rotatable bonds is 2. The van der Waals surface area contributed by atoms with Gasteiger partial charge in [0.25, 0.3) is 5.69 Å². The number of piperazine rings is 1. The Morgan fingerprint density at radius 2 is 1.75 bits per heavy atom. The fraction of sp³-hybridized carbons (Fsp3) is 0.400. The summed E-state index contributed by atoms with van der Waals surface area (Å²) in [4.78, 5) is 12.3. The van der Waals surface area contributed by atoms with Crippen LogP contribution >= 0.6 is 13.5 Å². The van der Waals surface area contributed by atoms with Gasteiger partial charge < -0.3 is 10.2 Å². The zero-order valence-electron chi connectivity index (χ0n) is 8.85. The third-order valence-corrected chi connectivity index (χ3v) is 2.54. The average Bonchev–Trinajstić information content (AvgIpc) is 2.30. The summed E-state index contributed by atoms with van der Waals surface area (Å²) in [5.41, 5.74) is 1.20. The van der Waals surface area contributed by atoms with E-state index in [2.05, 4.69) is 10.2 Å². The quantitative estimate of drug-likeness (QED) is 0.622. The maximum Gasteiger partial charge on any atom is 0.269 e. The first kappa shape index (κ1) is 12.8. The number of nitrogens with zero attached hydrogens (tertiary/aromatic N) is 2. The van der Waals surface area contributed by atoms with Crippen LogP contribution in [0.15, 0.2) is 24.3 Å². The highest BCUT2D eigenvalue weighted by molar-refractivity contribution is 7.59. The second kappa shape index (κ2) is 5.72. The van der Waals surface area contributed by atoms with Crippen molar-refractivity contribution in [2.24, 2.45) is 0 Å². The van der Waals surface area contributed by atoms with E-state index in [4.69, 9.17) is 0 Å². The lowest BCUT2D eigenvalue weighted by Gasteiger charge is -2.29. The van der Waals surface area contributed by atoms with E-state index in [0.717, 1.165) is 31.9 Å². The zero-order chi connectivity index (χ0) is 10.7. The summed E-state index contributed by atoms with van der Waals surface area (Å²) in [5, 5.41) is 13.7. The minimum atomic E-state index is -0.373. The second-order valence-electron chi connectivity index (χ2n) is 3.51. The molecular weight excluding hydrogens is 226 g/mol. The van der Waals surface area contributed by atoms with E-state index in [-0.39, 0.29) is 24.1 Å². The largest absolute Gasteiger partial charge is 0.369 e.